The highest BCUT2D eigenvalue weighted by atomic mass is 15.4. The van der Waals surface area contributed by atoms with E-state index in [-0.39, 0.29) is 24.2 Å². The lowest BCUT2D eigenvalue weighted by molar-refractivity contribution is 0.529. The fourth-order valence-corrected chi connectivity index (χ4v) is 15.8. The van der Waals surface area contributed by atoms with Gasteiger partial charge in [0.25, 0.3) is 0 Å². The molecule has 4 atom stereocenters. The Labute approximate surface area is 759 Å². The monoisotopic (exact) mass is 1730 g/mol. The number of aromatic amines is 3. The van der Waals surface area contributed by atoms with Gasteiger partial charge in [0.05, 0.1) is 68.5 Å². The summed E-state index contributed by atoms with van der Waals surface area (Å²) < 4.78 is 8.03. The first-order valence-corrected chi connectivity index (χ1v) is 45.7. The van der Waals surface area contributed by atoms with Crippen molar-refractivity contribution in [2.75, 3.05) is 22.9 Å². The van der Waals surface area contributed by atoms with Gasteiger partial charge in [-0.1, -0.05) is 244 Å². The van der Waals surface area contributed by atoms with Crippen molar-refractivity contribution in [2.45, 2.75) is 214 Å². The first-order chi connectivity index (χ1) is 63.4. The van der Waals surface area contributed by atoms with Crippen LogP contribution >= 0.6 is 0 Å². The molecule has 6 aromatic carbocycles. The fraction of sp³-hybridized carbons (Fsp3) is 0.311. The number of anilines is 4. The van der Waals surface area contributed by atoms with Crippen LogP contribution in [-0.2, 0) is 25.7 Å². The van der Waals surface area contributed by atoms with E-state index in [9.17, 15) is 0 Å². The van der Waals surface area contributed by atoms with Gasteiger partial charge in [-0.25, -0.2) is 73.6 Å². The zero-order valence-electron chi connectivity index (χ0n) is 78.9. The summed E-state index contributed by atoms with van der Waals surface area (Å²) in [6, 6.07) is 63.5. The molecule has 0 amide bonds. The Morgan fingerprint density at radius 1 is 0.264 bits per heavy atom. The second kappa shape index (κ2) is 51.9. The van der Waals surface area contributed by atoms with Crippen molar-refractivity contribution in [3.8, 4) is 0 Å². The SMILES string of the molecule is CC.CC.CC.CC.CC.CC.CC.CC.Cc1nn(C2CCc3ccccc32)c2ncnc(N)c12.Cc1nn(C2CCc3ccccc32)c2ncnc(N)c12.Cc1nn(C2CCc3ccccc32)c2ncnc(N)c12.Cc1nn(C2CCc3ccccc32)c2ncnc(N)c12.c1ccc2[nH]ccc2c1.c1ccc2[nH]ccc2c1.c1cnc2[nH]ccc2c1.c1cncnc1. The first-order valence-electron chi connectivity index (χ1n) is 45.7. The predicted molar refractivity (Wildman–Crippen MR) is 535 cm³/mol. The van der Waals surface area contributed by atoms with E-state index >= 15 is 0 Å². The van der Waals surface area contributed by atoms with Gasteiger partial charge in [0.1, 0.15) is 60.6 Å². The maximum absolute atomic E-state index is 5.96. The number of hydrogen-bond donors (Lipinski definition) is 7. The van der Waals surface area contributed by atoms with E-state index in [2.05, 4.69) is 224 Å². The normalized spacial score (nSPS) is 13.8. The van der Waals surface area contributed by atoms with Crippen LogP contribution in [0.1, 0.15) is 228 Å². The summed E-state index contributed by atoms with van der Waals surface area (Å²) in [6.45, 7) is 39.8. The van der Waals surface area contributed by atoms with E-state index in [1.54, 1.807) is 24.7 Å². The van der Waals surface area contributed by atoms with Gasteiger partial charge in [-0.15, -0.1) is 0 Å². The molecule has 4 aliphatic rings. The Hall–Kier alpha value is -14.4. The van der Waals surface area contributed by atoms with Gasteiger partial charge >= 0.3 is 0 Å². The van der Waals surface area contributed by atoms with E-state index in [1.807, 2.05) is 218 Å². The lowest BCUT2D eigenvalue weighted by atomic mass is 10.1. The lowest BCUT2D eigenvalue weighted by Crippen LogP contribution is -2.10. The number of para-hydroxylation sites is 2. The molecule has 0 bridgehead atoms. The van der Waals surface area contributed by atoms with Gasteiger partial charge in [-0.05, 0) is 183 Å². The number of nitrogens with one attached hydrogen (secondary N) is 3. The standard InChI is InChI=1S/4C15H15N5.2C8H7N.C7H6N2.C4H4N2.8C2H6/c4*1-9-13-14(16)17-8-18-15(13)20(19-9)12-7-6-10-4-2-3-5-11(10)12;2*1-2-4-8-7(3-1)5-6-9-8;1-2-6-3-5-9-7(6)8-4-1;1-2-5-4-6-3-1;8*1-2/h4*2-5,8,12H,6-7H2,1H3,(H2,16,17,18);2*1-6,9H;1-5H,(H,8,9);1-4H;8*1-2H3. The lowest BCUT2D eigenvalue weighted by Gasteiger charge is -2.13. The predicted octanol–water partition coefficient (Wildman–Crippen LogP) is 23.6. The molecular weight excluding hydrogens is 1600 g/mol. The summed E-state index contributed by atoms with van der Waals surface area (Å²) in [5, 5.41) is 25.9. The molecule has 0 radical (unpaired) electrons. The van der Waals surface area contributed by atoms with Gasteiger partial charge in [-0.3, -0.25) is 0 Å². The Morgan fingerprint density at radius 2 is 0.527 bits per heavy atom. The van der Waals surface area contributed by atoms with Crippen molar-refractivity contribution >= 4 is 100 Å². The van der Waals surface area contributed by atoms with Crippen molar-refractivity contribution in [1.82, 2.24) is 109 Å². The second-order valence-electron chi connectivity index (χ2n) is 27.9. The van der Waals surface area contributed by atoms with Crippen molar-refractivity contribution in [2.24, 2.45) is 0 Å². The quantitative estimate of drug-likeness (QED) is 0.0860. The Kier molecular flexibility index (Phi) is 40.2. The van der Waals surface area contributed by atoms with Crippen molar-refractivity contribution in [1.29, 1.82) is 0 Å². The van der Waals surface area contributed by atoms with E-state index in [1.165, 1.54) is 98.0 Å². The summed E-state index contributed by atoms with van der Waals surface area (Å²) in [6.07, 6.45) is 27.0. The molecule has 0 saturated carbocycles. The molecular formula is C103H132N26. The van der Waals surface area contributed by atoms with E-state index in [0.717, 1.165) is 129 Å². The Balaban J connectivity index is 0.000000182. The Bertz CT molecular complexity index is 5660. The molecule has 0 saturated heterocycles. The molecule has 13 heterocycles. The van der Waals surface area contributed by atoms with Crippen LogP contribution in [0.2, 0.25) is 0 Å². The zero-order valence-corrected chi connectivity index (χ0v) is 78.9. The molecule has 4 unspecified atom stereocenters. The number of hydrogen-bond acceptors (Lipinski definition) is 19. The number of H-pyrrole nitrogens is 3. The van der Waals surface area contributed by atoms with Gasteiger partial charge < -0.3 is 37.9 Å². The minimum absolute atomic E-state index is 0.247. The fourth-order valence-electron chi connectivity index (χ4n) is 15.8. The third-order valence-corrected chi connectivity index (χ3v) is 21.1. The van der Waals surface area contributed by atoms with Gasteiger partial charge in [0, 0.05) is 53.6 Å². The number of nitrogens with zero attached hydrogens (tertiary/aromatic N) is 19. The van der Waals surface area contributed by atoms with Gasteiger partial charge in [0.15, 0.2) is 22.6 Å². The number of fused-ring (bicyclic) bond motifs is 11. The zero-order chi connectivity index (χ0) is 93.3. The average molecular weight is 1730 g/mol. The Morgan fingerprint density at radius 3 is 0.798 bits per heavy atom. The molecule has 4 aliphatic carbocycles. The number of rotatable bonds is 4. The molecule has 0 aliphatic heterocycles. The van der Waals surface area contributed by atoms with Crippen LogP contribution in [0.4, 0.5) is 23.3 Å². The van der Waals surface area contributed by atoms with Crippen LogP contribution < -0.4 is 22.9 Å². The van der Waals surface area contributed by atoms with Gasteiger partial charge in [-0.2, -0.15) is 20.4 Å². The highest BCUT2D eigenvalue weighted by Crippen LogP contribution is 2.41. The molecule has 11 N–H and O–H groups in total. The third-order valence-electron chi connectivity index (χ3n) is 21.1. The van der Waals surface area contributed by atoms with Crippen LogP contribution in [0.5, 0.6) is 0 Å². The van der Waals surface area contributed by atoms with Crippen LogP contribution in [0.15, 0.2) is 251 Å². The molecule has 26 heteroatoms. The number of pyridine rings is 1. The largest absolute Gasteiger partial charge is 0.383 e. The first kappa shape index (κ1) is 100.0. The average Bonchev–Trinajstić information content (AvgIpc) is 1.63. The van der Waals surface area contributed by atoms with Gasteiger partial charge in [0.2, 0.25) is 0 Å². The molecule has 674 valence electrons. The summed E-state index contributed by atoms with van der Waals surface area (Å²) in [5.41, 5.74) is 45.1. The van der Waals surface area contributed by atoms with Crippen LogP contribution in [0.25, 0.3) is 77.0 Å². The third kappa shape index (κ3) is 24.0. The van der Waals surface area contributed by atoms with E-state index in [4.69, 9.17) is 22.9 Å². The molecule has 129 heavy (non-hydrogen) atoms. The van der Waals surface area contributed by atoms with E-state index < -0.39 is 0 Å². The molecule has 0 fully saturated rings. The number of aryl methyl sites for hydroxylation is 8. The highest BCUT2D eigenvalue weighted by Gasteiger charge is 2.32. The van der Waals surface area contributed by atoms with Crippen molar-refractivity contribution < 1.29 is 0 Å². The van der Waals surface area contributed by atoms with Crippen LogP contribution in [-0.4, -0.2) is 109 Å². The van der Waals surface area contributed by atoms with E-state index in [0.29, 0.717) is 23.3 Å². The number of benzene rings is 6. The number of aromatic nitrogens is 22. The number of nitrogen functional groups attached to an aromatic ring is 4. The second-order valence-corrected chi connectivity index (χ2v) is 27.9. The summed E-state index contributed by atoms with van der Waals surface area (Å²) in [5.74, 6) is 2.02. The summed E-state index contributed by atoms with van der Waals surface area (Å²) >= 11 is 0. The molecule has 26 nitrogen and oxygen atoms in total. The van der Waals surface area contributed by atoms with Crippen molar-refractivity contribution in [3.63, 3.8) is 0 Å². The summed E-state index contributed by atoms with van der Waals surface area (Å²) in [7, 11) is 0. The maximum atomic E-state index is 5.96. The topological polar surface area (TPSA) is 365 Å². The smallest absolute Gasteiger partial charge is 0.164 e. The summed E-state index contributed by atoms with van der Waals surface area (Å²) in [4.78, 5) is 54.5. The molecule has 13 aromatic heterocycles. The maximum Gasteiger partial charge on any atom is 0.164 e. The minimum atomic E-state index is 0.247. The number of nitrogens with two attached hydrogens (primary N) is 4. The van der Waals surface area contributed by atoms with Crippen LogP contribution in [0.3, 0.4) is 0 Å². The van der Waals surface area contributed by atoms with Crippen LogP contribution in [0, 0.1) is 27.7 Å². The molecule has 19 aromatic rings. The highest BCUT2D eigenvalue weighted by molar-refractivity contribution is 5.91. The molecule has 0 spiro atoms. The molecule has 23 rings (SSSR count). The van der Waals surface area contributed by atoms with Crippen molar-refractivity contribution in [3.05, 3.63) is 318 Å². The minimum Gasteiger partial charge on any atom is -0.383 e.